The third kappa shape index (κ3) is 9.28. The number of hydrogen-bond acceptors (Lipinski definition) is 6. The molecule has 0 spiro atoms. The van der Waals surface area contributed by atoms with Gasteiger partial charge in [0.2, 0.25) is 0 Å². The molecule has 0 aliphatic heterocycles. The molecule has 0 aliphatic rings. The molecular weight excluding hydrogens is 512 g/mol. The summed E-state index contributed by atoms with van der Waals surface area (Å²) >= 11 is 1.55. The average molecular weight is 542 g/mol. The lowest BCUT2D eigenvalue weighted by Gasteiger charge is -2.13. The second kappa shape index (κ2) is 15.5. The summed E-state index contributed by atoms with van der Waals surface area (Å²) in [4.78, 5) is 26.0. The first-order valence-electron chi connectivity index (χ1n) is 12.0. The fourth-order valence-corrected chi connectivity index (χ4v) is 4.05. The number of hydrazone groups is 1. The van der Waals surface area contributed by atoms with Gasteiger partial charge in [-0.2, -0.15) is 16.9 Å². The van der Waals surface area contributed by atoms with E-state index in [0.29, 0.717) is 41.2 Å². The molecule has 0 saturated carbocycles. The lowest BCUT2D eigenvalue weighted by atomic mass is 10.1. The Bertz CT molecular complexity index is 1260. The van der Waals surface area contributed by atoms with Crippen LogP contribution in [0.25, 0.3) is 0 Å². The molecule has 0 aromatic heterocycles. The zero-order valence-corrected chi connectivity index (χ0v) is 21.5. The van der Waals surface area contributed by atoms with Crippen molar-refractivity contribution >= 4 is 35.5 Å². The Hall–Kier alpha value is -3.76. The van der Waals surface area contributed by atoms with Crippen LogP contribution >= 0.6 is 11.8 Å². The van der Waals surface area contributed by atoms with Crippen molar-refractivity contribution in [1.29, 1.82) is 0 Å². The number of anilines is 1. The van der Waals surface area contributed by atoms with E-state index in [1.54, 1.807) is 48.2 Å². The molecule has 2 amide bonds. The van der Waals surface area contributed by atoms with Gasteiger partial charge >= 0.3 is 0 Å². The topological polar surface area (TPSA) is 100 Å². The van der Waals surface area contributed by atoms with Crippen LogP contribution < -0.4 is 15.5 Å². The van der Waals surface area contributed by atoms with E-state index in [4.69, 9.17) is 9.84 Å². The Morgan fingerprint density at radius 2 is 1.87 bits per heavy atom. The van der Waals surface area contributed by atoms with Gasteiger partial charge in [-0.1, -0.05) is 24.3 Å². The lowest BCUT2D eigenvalue weighted by Crippen LogP contribution is -2.21. The first-order chi connectivity index (χ1) is 18.5. The van der Waals surface area contributed by atoms with E-state index in [2.05, 4.69) is 15.8 Å². The van der Waals surface area contributed by atoms with Gasteiger partial charge in [0.1, 0.15) is 11.6 Å². The van der Waals surface area contributed by atoms with Gasteiger partial charge < -0.3 is 15.2 Å². The number of nitrogens with one attached hydrogen (secondary N) is 2. The highest BCUT2D eigenvalue weighted by atomic mass is 32.2. The number of benzene rings is 3. The van der Waals surface area contributed by atoms with E-state index < -0.39 is 24.3 Å². The summed E-state index contributed by atoms with van der Waals surface area (Å²) in [6, 6.07) is 17.4. The number of amides is 2. The maximum atomic E-state index is 13.4. The van der Waals surface area contributed by atoms with Gasteiger partial charge in [-0.15, -0.1) is 0 Å². The minimum Gasteiger partial charge on any atom is -0.494 e. The summed E-state index contributed by atoms with van der Waals surface area (Å²) in [5.74, 6) is 0.165. The van der Waals surface area contributed by atoms with Gasteiger partial charge in [0, 0.05) is 17.1 Å². The zero-order valence-electron chi connectivity index (χ0n) is 20.7. The lowest BCUT2D eigenvalue weighted by molar-refractivity contribution is 0.0955. The molecule has 38 heavy (non-hydrogen) atoms. The number of carbonyl (C=O) groups is 2. The Balaban J connectivity index is 1.77. The summed E-state index contributed by atoms with van der Waals surface area (Å²) in [5.41, 5.74) is 4.53. The molecule has 0 saturated heterocycles. The fraction of sp³-hybridized carbons (Fsp3) is 0.250. The second-order valence-corrected chi connectivity index (χ2v) is 9.24. The standard InChI is InChI=1S/C28H29F2N3O4S/c29-11-1-2-13-37-24-9-10-26(32-27(35)22-7-3-6-21(15-22)19-38-14-12-34)25(17-24)28(36)33-31-18-20-5-4-8-23(30)16-20/h3-10,15-18,34H,1-2,11-14,19H2,(H,32,35)(H,33,36). The second-order valence-electron chi connectivity index (χ2n) is 8.14. The molecule has 0 aliphatic carbocycles. The molecular formula is C28H29F2N3O4S. The molecule has 3 aromatic carbocycles. The minimum absolute atomic E-state index is 0.0809. The number of unbranched alkanes of at least 4 members (excludes halogenated alkanes) is 1. The van der Waals surface area contributed by atoms with Crippen molar-refractivity contribution in [2.75, 3.05) is 31.0 Å². The SMILES string of the molecule is O=C(Nc1ccc(OCCCCF)cc1C(=O)NN=Cc1cccc(F)c1)c1cccc(CSCCO)c1. The summed E-state index contributed by atoms with van der Waals surface area (Å²) in [6.07, 6.45) is 2.19. The van der Waals surface area contributed by atoms with Crippen LogP contribution in [0.15, 0.2) is 71.8 Å². The molecule has 0 unspecified atom stereocenters. The number of ether oxygens (including phenoxy) is 1. The van der Waals surface area contributed by atoms with Crippen LogP contribution in [0.2, 0.25) is 0 Å². The number of nitrogens with zero attached hydrogens (tertiary/aromatic N) is 1. The molecule has 0 bridgehead atoms. The normalized spacial score (nSPS) is 10.9. The van der Waals surface area contributed by atoms with Gasteiger partial charge in [0.15, 0.2) is 0 Å². The predicted octanol–water partition coefficient (Wildman–Crippen LogP) is 5.20. The van der Waals surface area contributed by atoms with Crippen molar-refractivity contribution in [3.63, 3.8) is 0 Å². The smallest absolute Gasteiger partial charge is 0.273 e. The first-order valence-corrected chi connectivity index (χ1v) is 13.2. The summed E-state index contributed by atoms with van der Waals surface area (Å²) < 4.78 is 31.4. The van der Waals surface area contributed by atoms with Crippen molar-refractivity contribution < 1.29 is 28.2 Å². The minimum atomic E-state index is -0.615. The molecule has 0 atom stereocenters. The number of aliphatic hydroxyl groups is 1. The van der Waals surface area contributed by atoms with Crippen LogP contribution in [0.5, 0.6) is 5.75 Å². The number of aliphatic hydroxyl groups excluding tert-OH is 1. The number of thioether (sulfide) groups is 1. The average Bonchev–Trinajstić information content (AvgIpc) is 2.92. The largest absolute Gasteiger partial charge is 0.494 e. The quantitative estimate of drug-likeness (QED) is 0.148. The van der Waals surface area contributed by atoms with Gasteiger partial charge in [0.25, 0.3) is 11.8 Å². The number of alkyl halides is 1. The van der Waals surface area contributed by atoms with E-state index in [1.165, 1.54) is 30.5 Å². The Morgan fingerprint density at radius 3 is 2.66 bits per heavy atom. The molecule has 3 N–H and O–H groups in total. The molecule has 0 radical (unpaired) electrons. The third-order valence-corrected chi connectivity index (χ3v) is 6.21. The molecule has 3 rings (SSSR count). The zero-order chi connectivity index (χ0) is 27.2. The Labute approximate surface area is 224 Å². The maximum Gasteiger partial charge on any atom is 0.273 e. The Kier molecular flexibility index (Phi) is 11.7. The van der Waals surface area contributed by atoms with Crippen LogP contribution in [0, 0.1) is 5.82 Å². The van der Waals surface area contributed by atoms with Crippen LogP contribution in [-0.4, -0.2) is 48.8 Å². The predicted molar refractivity (Wildman–Crippen MR) is 146 cm³/mol. The summed E-state index contributed by atoms with van der Waals surface area (Å²) in [7, 11) is 0. The first kappa shape index (κ1) is 28.8. The molecule has 0 fully saturated rings. The van der Waals surface area contributed by atoms with E-state index in [1.807, 2.05) is 6.07 Å². The van der Waals surface area contributed by atoms with Gasteiger partial charge in [-0.05, 0) is 66.4 Å². The maximum absolute atomic E-state index is 13.4. The molecule has 3 aromatic rings. The summed E-state index contributed by atoms with van der Waals surface area (Å²) in [5, 5.41) is 15.6. The van der Waals surface area contributed by atoms with Crippen LogP contribution in [0.1, 0.15) is 44.7 Å². The van der Waals surface area contributed by atoms with Crippen molar-refractivity contribution in [3.05, 3.63) is 94.8 Å². The van der Waals surface area contributed by atoms with E-state index >= 15 is 0 Å². The van der Waals surface area contributed by atoms with E-state index in [-0.39, 0.29) is 24.5 Å². The number of rotatable bonds is 14. The summed E-state index contributed by atoms with van der Waals surface area (Å²) in [6.45, 7) is -0.0837. The third-order valence-electron chi connectivity index (χ3n) is 5.20. The highest BCUT2D eigenvalue weighted by molar-refractivity contribution is 7.98. The Morgan fingerprint density at radius 1 is 1.03 bits per heavy atom. The van der Waals surface area contributed by atoms with Crippen molar-refractivity contribution in [3.8, 4) is 5.75 Å². The van der Waals surface area contributed by atoms with Crippen molar-refractivity contribution in [2.24, 2.45) is 5.10 Å². The van der Waals surface area contributed by atoms with Gasteiger partial charge in [-0.3, -0.25) is 14.0 Å². The molecule has 7 nitrogen and oxygen atoms in total. The van der Waals surface area contributed by atoms with Crippen molar-refractivity contribution in [2.45, 2.75) is 18.6 Å². The van der Waals surface area contributed by atoms with E-state index in [0.717, 1.165) is 5.56 Å². The monoisotopic (exact) mass is 541 g/mol. The number of carbonyl (C=O) groups excluding carboxylic acids is 2. The van der Waals surface area contributed by atoms with Crippen LogP contribution in [0.3, 0.4) is 0 Å². The highest BCUT2D eigenvalue weighted by Gasteiger charge is 2.16. The van der Waals surface area contributed by atoms with E-state index in [9.17, 15) is 18.4 Å². The molecule has 10 heteroatoms. The van der Waals surface area contributed by atoms with Gasteiger partial charge in [0.05, 0.1) is 37.4 Å². The fourth-order valence-electron chi connectivity index (χ4n) is 3.36. The number of halogens is 2. The highest BCUT2D eigenvalue weighted by Crippen LogP contribution is 2.24. The number of hydrogen-bond donors (Lipinski definition) is 3. The van der Waals surface area contributed by atoms with Crippen LogP contribution in [-0.2, 0) is 5.75 Å². The van der Waals surface area contributed by atoms with Gasteiger partial charge in [-0.25, -0.2) is 9.82 Å². The molecule has 0 heterocycles. The van der Waals surface area contributed by atoms with Crippen molar-refractivity contribution in [1.82, 2.24) is 5.43 Å². The molecule has 200 valence electrons. The van der Waals surface area contributed by atoms with Crippen LogP contribution in [0.4, 0.5) is 14.5 Å².